The number of hydrogen-bond donors (Lipinski definition) is 1. The summed E-state index contributed by atoms with van der Waals surface area (Å²) >= 11 is 0. The van der Waals surface area contributed by atoms with Crippen LogP contribution >= 0.6 is 0 Å². The van der Waals surface area contributed by atoms with Gasteiger partial charge in [-0.15, -0.1) is 0 Å². The molecule has 1 atom stereocenters. The number of nitrogens with zero attached hydrogens (tertiary/aromatic N) is 2. The molecule has 0 aromatic heterocycles. The topological polar surface area (TPSA) is 53.0 Å². The Bertz CT molecular complexity index is 313. The van der Waals surface area contributed by atoms with Crippen LogP contribution in [0.3, 0.4) is 0 Å². The molecule has 1 unspecified atom stereocenters. The maximum atomic E-state index is 12.1. The third-order valence-corrected chi connectivity index (χ3v) is 4.02. The van der Waals surface area contributed by atoms with Crippen LogP contribution in [0.25, 0.3) is 0 Å². The van der Waals surface area contributed by atoms with E-state index in [0.717, 1.165) is 0 Å². The van der Waals surface area contributed by atoms with Crippen LogP contribution in [-0.4, -0.2) is 71.8 Å². The van der Waals surface area contributed by atoms with Gasteiger partial charge in [-0.1, -0.05) is 13.8 Å². The standard InChI is InChI=1S/C13H24N2O3/c1-10(2)13(17)8-14(9-13)7-12(16)15-4-5-18-11(3)6-15/h10-11,17H,4-9H2,1-3H3. The van der Waals surface area contributed by atoms with Gasteiger partial charge in [0, 0.05) is 26.2 Å². The van der Waals surface area contributed by atoms with Gasteiger partial charge in [-0.25, -0.2) is 0 Å². The number of aliphatic hydroxyl groups is 1. The van der Waals surface area contributed by atoms with Crippen LogP contribution in [0, 0.1) is 5.92 Å². The van der Waals surface area contributed by atoms with Crippen molar-refractivity contribution < 1.29 is 14.6 Å². The van der Waals surface area contributed by atoms with Crippen LogP contribution in [-0.2, 0) is 9.53 Å². The molecule has 0 spiro atoms. The van der Waals surface area contributed by atoms with E-state index in [-0.39, 0.29) is 17.9 Å². The first kappa shape index (κ1) is 13.8. The Balaban J connectivity index is 1.76. The number of likely N-dealkylation sites (tertiary alicyclic amines) is 1. The summed E-state index contributed by atoms with van der Waals surface area (Å²) in [5.41, 5.74) is -0.599. The number of carbonyl (C=O) groups excluding carboxylic acids is 1. The lowest BCUT2D eigenvalue weighted by Gasteiger charge is -2.49. The van der Waals surface area contributed by atoms with Gasteiger partial charge >= 0.3 is 0 Å². The fourth-order valence-corrected chi connectivity index (χ4v) is 2.54. The van der Waals surface area contributed by atoms with Crippen molar-refractivity contribution in [2.75, 3.05) is 39.3 Å². The van der Waals surface area contributed by atoms with Crippen molar-refractivity contribution in [1.29, 1.82) is 0 Å². The molecular formula is C13H24N2O3. The Hall–Kier alpha value is -0.650. The van der Waals surface area contributed by atoms with Crippen molar-refractivity contribution in [2.24, 2.45) is 5.92 Å². The normalized spacial score (nSPS) is 28.3. The number of β-amino-alcohol motifs (C(OH)–C–C–N with tert-alkyl or cyclic N) is 1. The van der Waals surface area contributed by atoms with E-state index in [1.807, 2.05) is 30.6 Å². The first-order valence-electron chi connectivity index (χ1n) is 6.75. The van der Waals surface area contributed by atoms with Crippen LogP contribution in [0.2, 0.25) is 0 Å². The third kappa shape index (κ3) is 2.84. The highest BCUT2D eigenvalue weighted by atomic mass is 16.5. The Morgan fingerprint density at radius 1 is 1.50 bits per heavy atom. The largest absolute Gasteiger partial charge is 0.387 e. The van der Waals surface area contributed by atoms with Gasteiger partial charge in [0.2, 0.25) is 5.91 Å². The zero-order valence-corrected chi connectivity index (χ0v) is 11.6. The minimum atomic E-state index is -0.599. The second-order valence-corrected chi connectivity index (χ2v) is 5.92. The van der Waals surface area contributed by atoms with Gasteiger partial charge in [0.1, 0.15) is 0 Å². The van der Waals surface area contributed by atoms with E-state index in [9.17, 15) is 9.90 Å². The average molecular weight is 256 g/mol. The number of morpholine rings is 1. The van der Waals surface area contributed by atoms with E-state index >= 15 is 0 Å². The molecule has 0 aromatic rings. The van der Waals surface area contributed by atoms with Crippen molar-refractivity contribution in [3.05, 3.63) is 0 Å². The smallest absolute Gasteiger partial charge is 0.236 e. The Kier molecular flexibility index (Phi) is 3.94. The summed E-state index contributed by atoms with van der Waals surface area (Å²) in [6, 6.07) is 0. The summed E-state index contributed by atoms with van der Waals surface area (Å²) in [5.74, 6) is 0.392. The van der Waals surface area contributed by atoms with Gasteiger partial charge in [-0.05, 0) is 12.8 Å². The van der Waals surface area contributed by atoms with E-state index in [0.29, 0.717) is 39.3 Å². The number of rotatable bonds is 3. The quantitative estimate of drug-likeness (QED) is 0.768. The predicted molar refractivity (Wildman–Crippen MR) is 68.2 cm³/mol. The fourth-order valence-electron chi connectivity index (χ4n) is 2.54. The number of amides is 1. The molecule has 1 amide bonds. The molecule has 5 heteroatoms. The molecule has 2 aliphatic rings. The lowest BCUT2D eigenvalue weighted by Crippen LogP contribution is -2.66. The minimum absolute atomic E-state index is 0.131. The first-order valence-corrected chi connectivity index (χ1v) is 6.75. The van der Waals surface area contributed by atoms with Crippen molar-refractivity contribution in [2.45, 2.75) is 32.5 Å². The summed E-state index contributed by atoms with van der Waals surface area (Å²) in [5, 5.41) is 10.1. The van der Waals surface area contributed by atoms with Gasteiger partial charge in [0.15, 0.2) is 0 Å². The van der Waals surface area contributed by atoms with Crippen LogP contribution < -0.4 is 0 Å². The summed E-state index contributed by atoms with van der Waals surface area (Å²) in [7, 11) is 0. The lowest BCUT2D eigenvalue weighted by molar-refractivity contribution is -0.153. The molecule has 104 valence electrons. The summed E-state index contributed by atoms with van der Waals surface area (Å²) in [6.07, 6.45) is 0.131. The molecule has 0 saturated carbocycles. The van der Waals surface area contributed by atoms with Gasteiger partial charge in [0.25, 0.3) is 0 Å². The highest BCUT2D eigenvalue weighted by molar-refractivity contribution is 5.78. The monoisotopic (exact) mass is 256 g/mol. The van der Waals surface area contributed by atoms with Crippen molar-refractivity contribution in [1.82, 2.24) is 9.80 Å². The van der Waals surface area contributed by atoms with Crippen molar-refractivity contribution in [3.8, 4) is 0 Å². The van der Waals surface area contributed by atoms with Crippen LogP contribution in [0.5, 0.6) is 0 Å². The second-order valence-electron chi connectivity index (χ2n) is 5.92. The van der Waals surface area contributed by atoms with E-state index in [2.05, 4.69) is 0 Å². The summed E-state index contributed by atoms with van der Waals surface area (Å²) < 4.78 is 5.42. The maximum Gasteiger partial charge on any atom is 0.236 e. The highest BCUT2D eigenvalue weighted by Crippen LogP contribution is 2.28. The van der Waals surface area contributed by atoms with Crippen molar-refractivity contribution in [3.63, 3.8) is 0 Å². The van der Waals surface area contributed by atoms with Gasteiger partial charge in [0.05, 0.1) is 24.9 Å². The molecule has 1 N–H and O–H groups in total. The van der Waals surface area contributed by atoms with Crippen LogP contribution in [0.4, 0.5) is 0 Å². The maximum absolute atomic E-state index is 12.1. The highest BCUT2D eigenvalue weighted by Gasteiger charge is 2.44. The molecule has 18 heavy (non-hydrogen) atoms. The Labute approximate surface area is 109 Å². The van der Waals surface area contributed by atoms with Gasteiger partial charge < -0.3 is 14.7 Å². The van der Waals surface area contributed by atoms with Crippen LogP contribution in [0.15, 0.2) is 0 Å². The Morgan fingerprint density at radius 3 is 2.72 bits per heavy atom. The van der Waals surface area contributed by atoms with E-state index in [1.165, 1.54) is 0 Å². The molecule has 0 aromatic carbocycles. The zero-order chi connectivity index (χ0) is 13.3. The van der Waals surface area contributed by atoms with Crippen molar-refractivity contribution >= 4 is 5.91 Å². The Morgan fingerprint density at radius 2 is 2.17 bits per heavy atom. The van der Waals surface area contributed by atoms with E-state index < -0.39 is 5.60 Å². The molecule has 0 radical (unpaired) electrons. The number of ether oxygens (including phenoxy) is 1. The molecule has 0 aliphatic carbocycles. The van der Waals surface area contributed by atoms with E-state index in [1.54, 1.807) is 0 Å². The molecule has 2 saturated heterocycles. The molecule has 5 nitrogen and oxygen atoms in total. The van der Waals surface area contributed by atoms with Crippen LogP contribution in [0.1, 0.15) is 20.8 Å². The van der Waals surface area contributed by atoms with E-state index in [4.69, 9.17) is 4.74 Å². The number of carbonyl (C=O) groups is 1. The SMILES string of the molecule is CC1CN(C(=O)CN2CC(O)(C(C)C)C2)CCO1. The van der Waals surface area contributed by atoms with Gasteiger partial charge in [-0.3, -0.25) is 9.69 Å². The molecular weight excluding hydrogens is 232 g/mol. The average Bonchev–Trinajstić information content (AvgIpc) is 2.26. The minimum Gasteiger partial charge on any atom is -0.387 e. The third-order valence-electron chi connectivity index (χ3n) is 4.02. The zero-order valence-electron chi connectivity index (χ0n) is 11.6. The summed E-state index contributed by atoms with van der Waals surface area (Å²) in [6.45, 7) is 9.65. The molecule has 2 fully saturated rings. The molecule has 2 heterocycles. The number of hydrogen-bond acceptors (Lipinski definition) is 4. The lowest BCUT2D eigenvalue weighted by atomic mass is 9.83. The fraction of sp³-hybridized carbons (Fsp3) is 0.923. The molecule has 2 rings (SSSR count). The summed E-state index contributed by atoms with van der Waals surface area (Å²) in [4.78, 5) is 16.0. The molecule has 2 aliphatic heterocycles. The first-order chi connectivity index (χ1) is 8.40. The predicted octanol–water partition coefficient (Wildman–Crippen LogP) is -0.0636. The van der Waals surface area contributed by atoms with Gasteiger partial charge in [-0.2, -0.15) is 0 Å². The second kappa shape index (κ2) is 5.15. The molecule has 0 bridgehead atoms.